The second-order valence-electron chi connectivity index (χ2n) is 14.4. The normalized spacial score (nSPS) is 18.7. The molecule has 2 atom stereocenters. The van der Waals surface area contributed by atoms with Gasteiger partial charge in [-0.25, -0.2) is 9.50 Å². The summed E-state index contributed by atoms with van der Waals surface area (Å²) in [5, 5.41) is 15.9. The number of pyridine rings is 1. The minimum absolute atomic E-state index is 0.0393. The Morgan fingerprint density at radius 1 is 0.942 bits per heavy atom. The molecule has 2 aromatic heterocycles. The van der Waals surface area contributed by atoms with Gasteiger partial charge in [0.15, 0.2) is 5.65 Å². The standard InChI is InChI=1S/C40H50N8O4/c1-28-24-32(47-23-21-40(2,27-47)29-14-9-8-10-15-29)26-48-37(28)45-36(46-48)39(52)41-22-12-7-5-3-4-6-11-18-34(49)43-31-17-13-16-30(25-31)42-33-19-20-35(50)44-38(33)51/h8-10,13-17,24-26,33,42H,3-7,11-12,18-23,27H2,1-2H3,(H,41,52)(H,43,49)(H,44,50,51)/t33?,40-/m0/s1. The molecule has 274 valence electrons. The molecule has 6 rings (SSSR count). The van der Waals surface area contributed by atoms with E-state index in [1.807, 2.05) is 31.3 Å². The molecule has 4 heterocycles. The molecule has 0 spiro atoms. The van der Waals surface area contributed by atoms with E-state index in [1.54, 1.807) is 10.6 Å². The van der Waals surface area contributed by atoms with Gasteiger partial charge in [0, 0.05) is 49.3 Å². The summed E-state index contributed by atoms with van der Waals surface area (Å²) in [5.74, 6) is -0.682. The molecule has 1 unspecified atom stereocenters. The summed E-state index contributed by atoms with van der Waals surface area (Å²) in [5.41, 5.74) is 5.61. The van der Waals surface area contributed by atoms with Crippen molar-refractivity contribution in [3.8, 4) is 0 Å². The first-order valence-corrected chi connectivity index (χ1v) is 18.6. The van der Waals surface area contributed by atoms with Crippen LogP contribution in [0.3, 0.4) is 0 Å². The maximum absolute atomic E-state index is 12.9. The highest BCUT2D eigenvalue weighted by Gasteiger charge is 2.35. The van der Waals surface area contributed by atoms with Crippen LogP contribution >= 0.6 is 0 Å². The van der Waals surface area contributed by atoms with Crippen molar-refractivity contribution in [1.82, 2.24) is 25.2 Å². The Labute approximate surface area is 305 Å². The Hall–Kier alpha value is -5.26. The van der Waals surface area contributed by atoms with Crippen LogP contribution in [0, 0.1) is 6.92 Å². The molecule has 2 aromatic carbocycles. The Kier molecular flexibility index (Phi) is 11.8. The summed E-state index contributed by atoms with van der Waals surface area (Å²) in [6.45, 7) is 6.80. The molecule has 0 aliphatic carbocycles. The molecule has 2 saturated heterocycles. The van der Waals surface area contributed by atoms with Crippen LogP contribution in [0.15, 0.2) is 66.9 Å². The number of carbonyl (C=O) groups is 4. The van der Waals surface area contributed by atoms with Crippen molar-refractivity contribution in [2.24, 2.45) is 0 Å². The number of benzene rings is 2. The van der Waals surface area contributed by atoms with Crippen molar-refractivity contribution in [1.29, 1.82) is 0 Å². The molecular formula is C40H50N8O4. The molecule has 2 aliphatic heterocycles. The van der Waals surface area contributed by atoms with E-state index in [2.05, 4.69) is 79.6 Å². The van der Waals surface area contributed by atoms with Crippen molar-refractivity contribution in [2.45, 2.75) is 95.9 Å². The fourth-order valence-electron chi connectivity index (χ4n) is 7.18. The molecule has 0 bridgehead atoms. The lowest BCUT2D eigenvalue weighted by Crippen LogP contribution is -2.47. The van der Waals surface area contributed by atoms with Crippen molar-refractivity contribution >= 4 is 46.3 Å². The zero-order chi connectivity index (χ0) is 36.5. The van der Waals surface area contributed by atoms with E-state index in [-0.39, 0.29) is 34.9 Å². The van der Waals surface area contributed by atoms with Crippen LogP contribution in [0.25, 0.3) is 5.65 Å². The highest BCUT2D eigenvalue weighted by molar-refractivity contribution is 6.01. The van der Waals surface area contributed by atoms with Gasteiger partial charge in [-0.1, -0.05) is 75.4 Å². The predicted molar refractivity (Wildman–Crippen MR) is 202 cm³/mol. The number of unbranched alkanes of at least 4 members (excludes halogenated alkanes) is 6. The molecule has 4 aromatic rings. The Balaban J connectivity index is 0.841. The second kappa shape index (κ2) is 16.8. The monoisotopic (exact) mass is 706 g/mol. The third kappa shape index (κ3) is 9.34. The lowest BCUT2D eigenvalue weighted by atomic mass is 9.82. The lowest BCUT2D eigenvalue weighted by molar-refractivity contribution is -0.133. The first-order chi connectivity index (χ1) is 25.2. The van der Waals surface area contributed by atoms with Crippen LogP contribution in [-0.4, -0.2) is 63.9 Å². The fourth-order valence-corrected chi connectivity index (χ4v) is 7.18. The van der Waals surface area contributed by atoms with E-state index < -0.39 is 6.04 Å². The second-order valence-corrected chi connectivity index (χ2v) is 14.4. The number of nitrogens with zero attached hydrogens (tertiary/aromatic N) is 4. The number of fused-ring (bicyclic) bond motifs is 1. The van der Waals surface area contributed by atoms with E-state index in [4.69, 9.17) is 0 Å². The lowest BCUT2D eigenvalue weighted by Gasteiger charge is -2.26. The third-order valence-electron chi connectivity index (χ3n) is 10.2. The molecule has 52 heavy (non-hydrogen) atoms. The quantitative estimate of drug-likeness (QED) is 0.0830. The van der Waals surface area contributed by atoms with Crippen molar-refractivity contribution < 1.29 is 19.2 Å². The Morgan fingerprint density at radius 2 is 1.69 bits per heavy atom. The zero-order valence-corrected chi connectivity index (χ0v) is 30.2. The summed E-state index contributed by atoms with van der Waals surface area (Å²) >= 11 is 0. The average molecular weight is 707 g/mol. The number of anilines is 3. The maximum Gasteiger partial charge on any atom is 0.290 e. The number of piperidine rings is 1. The summed E-state index contributed by atoms with van der Waals surface area (Å²) in [7, 11) is 0. The number of aromatic nitrogens is 3. The predicted octanol–water partition coefficient (Wildman–Crippen LogP) is 5.91. The molecule has 2 fully saturated rings. The van der Waals surface area contributed by atoms with E-state index >= 15 is 0 Å². The number of nitrogens with one attached hydrogen (secondary N) is 4. The molecule has 12 nitrogen and oxygen atoms in total. The first kappa shape index (κ1) is 36.5. The summed E-state index contributed by atoms with van der Waals surface area (Å²) < 4.78 is 1.74. The van der Waals surface area contributed by atoms with Gasteiger partial charge < -0.3 is 20.9 Å². The SMILES string of the molecule is Cc1cc(N2CC[C@](C)(c3ccccc3)C2)cn2nc(C(=O)NCCCCCCCCCC(=O)Nc3cccc(NC4CCC(=O)NC4=O)c3)nc12. The number of amides is 4. The number of aryl methyl sites for hydroxylation is 1. The molecule has 0 saturated carbocycles. The summed E-state index contributed by atoms with van der Waals surface area (Å²) in [6, 6.07) is 19.6. The molecular weight excluding hydrogens is 656 g/mol. The maximum atomic E-state index is 12.9. The Morgan fingerprint density at radius 3 is 2.48 bits per heavy atom. The zero-order valence-electron chi connectivity index (χ0n) is 30.2. The fraction of sp³-hybridized carbons (Fsp3) is 0.450. The van der Waals surface area contributed by atoms with Gasteiger partial charge in [-0.15, -0.1) is 5.10 Å². The van der Waals surface area contributed by atoms with Gasteiger partial charge in [-0.3, -0.25) is 24.5 Å². The minimum atomic E-state index is -0.472. The van der Waals surface area contributed by atoms with E-state index in [1.165, 1.54) is 5.56 Å². The van der Waals surface area contributed by atoms with Crippen LogP contribution in [-0.2, 0) is 19.8 Å². The van der Waals surface area contributed by atoms with E-state index in [0.29, 0.717) is 42.8 Å². The number of hydrogen-bond donors (Lipinski definition) is 4. The van der Waals surface area contributed by atoms with Crippen LogP contribution in [0.5, 0.6) is 0 Å². The minimum Gasteiger partial charge on any atom is -0.374 e. The Bertz CT molecular complexity index is 1890. The van der Waals surface area contributed by atoms with Gasteiger partial charge in [-0.05, 0) is 68.0 Å². The van der Waals surface area contributed by atoms with E-state index in [9.17, 15) is 19.2 Å². The van der Waals surface area contributed by atoms with Gasteiger partial charge in [0.25, 0.3) is 5.91 Å². The smallest absolute Gasteiger partial charge is 0.290 e. The molecule has 12 heteroatoms. The number of hydrogen-bond acceptors (Lipinski definition) is 8. The summed E-state index contributed by atoms with van der Waals surface area (Å²) in [4.78, 5) is 55.7. The molecule has 4 amide bonds. The topological polar surface area (TPSA) is 150 Å². The highest BCUT2D eigenvalue weighted by atomic mass is 16.2. The largest absolute Gasteiger partial charge is 0.374 e. The molecule has 0 radical (unpaired) electrons. The van der Waals surface area contributed by atoms with Gasteiger partial charge >= 0.3 is 0 Å². The first-order valence-electron chi connectivity index (χ1n) is 18.6. The average Bonchev–Trinajstić information content (AvgIpc) is 3.76. The van der Waals surface area contributed by atoms with Crippen molar-refractivity contribution in [2.75, 3.05) is 35.2 Å². The number of rotatable bonds is 16. The van der Waals surface area contributed by atoms with Gasteiger partial charge in [0.1, 0.15) is 6.04 Å². The van der Waals surface area contributed by atoms with Crippen LogP contribution < -0.4 is 26.2 Å². The summed E-state index contributed by atoms with van der Waals surface area (Å²) in [6.07, 6.45) is 11.2. The highest BCUT2D eigenvalue weighted by Crippen LogP contribution is 2.36. The van der Waals surface area contributed by atoms with Crippen LogP contribution in [0.1, 0.15) is 99.3 Å². The van der Waals surface area contributed by atoms with Crippen molar-refractivity contribution in [3.63, 3.8) is 0 Å². The third-order valence-corrected chi connectivity index (χ3v) is 10.2. The van der Waals surface area contributed by atoms with Crippen LogP contribution in [0.2, 0.25) is 0 Å². The number of carbonyl (C=O) groups excluding carboxylic acids is 4. The van der Waals surface area contributed by atoms with Gasteiger partial charge in [0.05, 0.1) is 11.9 Å². The number of imide groups is 1. The molecule has 2 aliphatic rings. The van der Waals surface area contributed by atoms with E-state index in [0.717, 1.165) is 75.7 Å². The molecule has 4 N–H and O–H groups in total. The van der Waals surface area contributed by atoms with Gasteiger partial charge in [-0.2, -0.15) is 0 Å². The van der Waals surface area contributed by atoms with Crippen LogP contribution in [0.4, 0.5) is 17.1 Å². The van der Waals surface area contributed by atoms with Crippen molar-refractivity contribution in [3.05, 3.63) is 83.8 Å². The van der Waals surface area contributed by atoms with Gasteiger partial charge in [0.2, 0.25) is 23.5 Å².